The number of benzene rings is 1. The molecule has 0 atom stereocenters. The number of ether oxygens (including phenoxy) is 2. The van der Waals surface area contributed by atoms with E-state index in [1.807, 2.05) is 0 Å². The first-order valence-electron chi connectivity index (χ1n) is 9.82. The first-order chi connectivity index (χ1) is 17.1. The van der Waals surface area contributed by atoms with Gasteiger partial charge in [0.25, 0.3) is 10.1 Å². The first kappa shape index (κ1) is 35.0. The van der Waals surface area contributed by atoms with E-state index in [4.69, 9.17) is 0 Å². The molecule has 0 unspecified atom stereocenters. The summed E-state index contributed by atoms with van der Waals surface area (Å²) in [6, 6.07) is 5.25. The molecule has 1 aromatic carbocycles. The van der Waals surface area contributed by atoms with E-state index in [1.165, 1.54) is 29.9 Å². The molecule has 0 bridgehead atoms. The third kappa shape index (κ3) is 7.81. The van der Waals surface area contributed by atoms with Crippen LogP contribution in [0.2, 0.25) is 0 Å². The lowest BCUT2D eigenvalue weighted by Gasteiger charge is -2.36. The minimum absolute atomic E-state index is 0.216. The van der Waals surface area contributed by atoms with E-state index in [2.05, 4.69) is 8.92 Å². The van der Waals surface area contributed by atoms with E-state index in [1.54, 1.807) is 0 Å². The molecule has 5 nitrogen and oxygen atoms in total. The van der Waals surface area contributed by atoms with Gasteiger partial charge >= 0.3 is 42.5 Å². The molecule has 1 rings (SSSR count). The van der Waals surface area contributed by atoms with Gasteiger partial charge in [-0.1, -0.05) is 18.2 Å². The summed E-state index contributed by atoms with van der Waals surface area (Å²) in [6.45, 7) is 0.504. The topological polar surface area (TPSA) is 61.8 Å². The highest BCUT2D eigenvalue weighted by molar-refractivity contribution is 7.86. The van der Waals surface area contributed by atoms with Crippen LogP contribution in [0.25, 0.3) is 0 Å². The Bertz CT molecular complexity index is 1090. The van der Waals surface area contributed by atoms with Crippen molar-refractivity contribution in [3.05, 3.63) is 29.8 Å². The van der Waals surface area contributed by atoms with Crippen molar-refractivity contribution >= 4 is 10.1 Å². The summed E-state index contributed by atoms with van der Waals surface area (Å²) in [5, 5.41) is 0. The summed E-state index contributed by atoms with van der Waals surface area (Å²) >= 11 is 0. The molecule has 0 aromatic heterocycles. The quantitative estimate of drug-likeness (QED) is 0.125. The highest BCUT2D eigenvalue weighted by Gasteiger charge is 2.85. The zero-order chi connectivity index (χ0) is 30.9. The molecule has 0 aliphatic carbocycles. The van der Waals surface area contributed by atoms with Crippen molar-refractivity contribution in [1.82, 2.24) is 0 Å². The van der Waals surface area contributed by atoms with Crippen molar-refractivity contribution in [2.45, 2.75) is 73.5 Å². The predicted molar refractivity (Wildman–Crippen MR) is 96.1 cm³/mol. The van der Waals surface area contributed by atoms with Crippen molar-refractivity contribution in [1.29, 1.82) is 0 Å². The fourth-order valence-corrected chi connectivity index (χ4v) is 3.62. The Labute approximate surface area is 208 Å². The molecule has 0 radical (unpaired) electrons. The van der Waals surface area contributed by atoms with Crippen LogP contribution in [0.5, 0.6) is 0 Å². The van der Waals surface area contributed by atoms with Crippen molar-refractivity contribution in [3.63, 3.8) is 0 Å². The number of halogens is 15. The van der Waals surface area contributed by atoms with Crippen LogP contribution in [-0.4, -0.2) is 57.5 Å². The van der Waals surface area contributed by atoms with Crippen molar-refractivity contribution < 1.29 is 87.9 Å². The summed E-state index contributed by atoms with van der Waals surface area (Å²) in [5.41, 5.74) is 0.216. The SMILES string of the molecule is Cc1ccccc1S(=O)(=O)OCCCCC(F)(F)OC(F)(F)C(F)(F)OC(F)(F)C(F)(F)C(F)(F)C(F)(F)F. The molecule has 1 aromatic rings. The summed E-state index contributed by atoms with van der Waals surface area (Å²) < 4.78 is 227. The molecule has 0 saturated carbocycles. The predicted octanol–water partition coefficient (Wildman–Crippen LogP) is 7.11. The molecule has 0 fully saturated rings. The Morgan fingerprint density at radius 3 is 1.64 bits per heavy atom. The van der Waals surface area contributed by atoms with Gasteiger partial charge in [-0.25, -0.2) is 9.47 Å². The van der Waals surface area contributed by atoms with Crippen LogP contribution in [0, 0.1) is 6.92 Å². The van der Waals surface area contributed by atoms with Crippen LogP contribution < -0.4 is 0 Å². The van der Waals surface area contributed by atoms with Crippen molar-refractivity contribution in [3.8, 4) is 0 Å². The van der Waals surface area contributed by atoms with E-state index in [0.717, 1.165) is 6.07 Å². The average molecular weight is 628 g/mol. The molecule has 21 heteroatoms. The number of unbranched alkanes of at least 4 members (excludes halogenated alkanes) is 1. The average Bonchev–Trinajstić information content (AvgIpc) is 2.70. The lowest BCUT2D eigenvalue weighted by molar-refractivity contribution is -0.542. The third-order valence-corrected chi connectivity index (χ3v) is 5.93. The molecule has 0 N–H and O–H groups in total. The molecular formula is C18H15F15O5S. The normalized spacial score (nSPS) is 15.1. The van der Waals surface area contributed by atoms with E-state index in [9.17, 15) is 74.3 Å². The molecule has 0 aliphatic rings. The standard InChI is InChI=1S/C18H15F15O5S/c1-10-6-2-3-7-11(10)39(34,35)36-9-5-4-8-12(19,20)37-17(30,31)18(32,33)38-16(28,29)14(23,24)13(21,22)15(25,26)27/h2-3,6-7H,4-5,8-9H2,1H3. The first-order valence-corrected chi connectivity index (χ1v) is 11.2. The van der Waals surface area contributed by atoms with E-state index >= 15 is 0 Å². The highest BCUT2D eigenvalue weighted by Crippen LogP contribution is 2.56. The fourth-order valence-electron chi connectivity index (χ4n) is 2.45. The molecule has 0 saturated heterocycles. The van der Waals surface area contributed by atoms with Crippen LogP contribution in [0.3, 0.4) is 0 Å². The second-order valence-electron chi connectivity index (χ2n) is 7.54. The van der Waals surface area contributed by atoms with Crippen LogP contribution in [0.15, 0.2) is 29.2 Å². The van der Waals surface area contributed by atoms with Gasteiger partial charge in [-0.3, -0.25) is 4.18 Å². The van der Waals surface area contributed by atoms with Gasteiger partial charge in [0.2, 0.25) is 0 Å². The maximum Gasteiger partial charge on any atom is 0.460 e. The molecular weight excluding hydrogens is 613 g/mol. The second kappa shape index (κ2) is 11.1. The molecule has 0 aliphatic heterocycles. The van der Waals surface area contributed by atoms with E-state index in [-0.39, 0.29) is 10.5 Å². The number of hydrogen-bond donors (Lipinski definition) is 0. The Morgan fingerprint density at radius 1 is 0.667 bits per heavy atom. The number of rotatable bonds is 14. The second-order valence-corrected chi connectivity index (χ2v) is 9.12. The maximum atomic E-state index is 13.6. The van der Waals surface area contributed by atoms with E-state index < -0.39 is 78.4 Å². The van der Waals surface area contributed by atoms with Gasteiger partial charge < -0.3 is 0 Å². The number of hydrogen-bond acceptors (Lipinski definition) is 5. The third-order valence-electron chi connectivity index (χ3n) is 4.45. The largest absolute Gasteiger partial charge is 0.460 e. The summed E-state index contributed by atoms with van der Waals surface area (Å²) in [6.07, 6.45) is -38.7. The lowest BCUT2D eigenvalue weighted by atomic mass is 10.1. The van der Waals surface area contributed by atoms with Gasteiger partial charge in [-0.05, 0) is 31.4 Å². The van der Waals surface area contributed by atoms with Gasteiger partial charge in [0.15, 0.2) is 0 Å². The molecule has 228 valence electrons. The molecule has 0 spiro atoms. The Hall–Kier alpha value is -2.00. The highest BCUT2D eigenvalue weighted by atomic mass is 32.2. The van der Waals surface area contributed by atoms with Gasteiger partial charge in [0, 0.05) is 6.42 Å². The van der Waals surface area contributed by atoms with E-state index in [0.29, 0.717) is 0 Å². The minimum Gasteiger partial charge on any atom is -0.266 e. The summed E-state index contributed by atoms with van der Waals surface area (Å²) in [5.74, 6) is -15.7. The lowest BCUT2D eigenvalue weighted by Crippen LogP contribution is -2.64. The Balaban J connectivity index is 2.84. The number of alkyl halides is 15. The van der Waals surface area contributed by atoms with Gasteiger partial charge in [-0.2, -0.15) is 74.3 Å². The summed E-state index contributed by atoms with van der Waals surface area (Å²) in [4.78, 5) is -0.323. The zero-order valence-corrected chi connectivity index (χ0v) is 19.6. The fraction of sp³-hybridized carbons (Fsp3) is 0.667. The van der Waals surface area contributed by atoms with Crippen molar-refractivity contribution in [2.24, 2.45) is 0 Å². The smallest absolute Gasteiger partial charge is 0.266 e. The molecule has 39 heavy (non-hydrogen) atoms. The van der Waals surface area contributed by atoms with Crippen LogP contribution in [0.1, 0.15) is 24.8 Å². The molecule has 0 heterocycles. The van der Waals surface area contributed by atoms with Gasteiger partial charge in [0.1, 0.15) is 0 Å². The maximum absolute atomic E-state index is 13.6. The zero-order valence-electron chi connectivity index (χ0n) is 18.8. The monoisotopic (exact) mass is 628 g/mol. The van der Waals surface area contributed by atoms with Crippen LogP contribution in [-0.2, 0) is 23.8 Å². The minimum atomic E-state index is -7.93. The number of aryl methyl sites for hydroxylation is 1. The van der Waals surface area contributed by atoms with Gasteiger partial charge in [-0.15, -0.1) is 0 Å². The Kier molecular flexibility index (Phi) is 9.98. The molecule has 0 amide bonds. The van der Waals surface area contributed by atoms with Crippen LogP contribution in [0.4, 0.5) is 65.9 Å². The summed E-state index contributed by atoms with van der Waals surface area (Å²) in [7, 11) is -4.41. The Morgan fingerprint density at radius 2 is 1.15 bits per heavy atom. The van der Waals surface area contributed by atoms with Crippen LogP contribution >= 0.6 is 0 Å². The van der Waals surface area contributed by atoms with Crippen molar-refractivity contribution in [2.75, 3.05) is 6.61 Å². The van der Waals surface area contributed by atoms with Gasteiger partial charge in [0.05, 0.1) is 11.5 Å².